The molecule has 1 atom stereocenters. The van der Waals surface area contributed by atoms with E-state index in [9.17, 15) is 4.79 Å². The summed E-state index contributed by atoms with van der Waals surface area (Å²) >= 11 is 0. The van der Waals surface area contributed by atoms with Crippen LogP contribution < -0.4 is 4.74 Å². The molecule has 6 heteroatoms. The summed E-state index contributed by atoms with van der Waals surface area (Å²) < 4.78 is 7.47. The van der Waals surface area contributed by atoms with Crippen molar-refractivity contribution < 1.29 is 9.53 Å². The van der Waals surface area contributed by atoms with E-state index >= 15 is 0 Å². The maximum absolute atomic E-state index is 12.5. The minimum absolute atomic E-state index is 0.152. The molecule has 158 valence electrons. The first-order valence-corrected chi connectivity index (χ1v) is 10.7. The van der Waals surface area contributed by atoms with Crippen molar-refractivity contribution in [3.63, 3.8) is 0 Å². The third kappa shape index (κ3) is 4.38. The van der Waals surface area contributed by atoms with E-state index < -0.39 is 0 Å². The number of Topliss-reactive ketones (excluding diaryl/α,β-unsaturated/α-hetero) is 1. The number of methoxy groups -OCH3 is 1. The zero-order valence-electron chi connectivity index (χ0n) is 18.0. The second-order valence-electron chi connectivity index (χ2n) is 8.38. The third-order valence-electron chi connectivity index (χ3n) is 6.33. The highest BCUT2D eigenvalue weighted by Crippen LogP contribution is 2.32. The molecule has 3 aromatic rings. The van der Waals surface area contributed by atoms with Crippen LogP contribution in [-0.2, 0) is 4.79 Å². The standard InChI is InChI=1S/C24H30N4O2/c1-17(28-11-8-25-16-28)12-21(29)15-27-9-6-19(7-10-27)23-13-22-18(2)24(30-3)5-4-20(22)14-26-23/h4-5,8,11,13-14,16-17,19H,6-7,9-10,12,15H2,1-3H3/t17-/m1/s1. The molecule has 1 aromatic carbocycles. The molecular weight excluding hydrogens is 376 g/mol. The van der Waals surface area contributed by atoms with Gasteiger partial charge in [0.25, 0.3) is 0 Å². The van der Waals surface area contributed by atoms with Gasteiger partial charge in [0.15, 0.2) is 0 Å². The molecule has 1 aliphatic rings. The Morgan fingerprint density at radius 2 is 2.10 bits per heavy atom. The summed E-state index contributed by atoms with van der Waals surface area (Å²) in [5.74, 6) is 1.65. The van der Waals surface area contributed by atoms with Gasteiger partial charge < -0.3 is 9.30 Å². The van der Waals surface area contributed by atoms with E-state index in [1.54, 1.807) is 19.6 Å². The van der Waals surface area contributed by atoms with E-state index in [4.69, 9.17) is 9.72 Å². The van der Waals surface area contributed by atoms with E-state index in [1.807, 2.05) is 23.0 Å². The van der Waals surface area contributed by atoms with Crippen molar-refractivity contribution in [1.82, 2.24) is 19.4 Å². The first-order valence-electron chi connectivity index (χ1n) is 10.7. The predicted molar refractivity (Wildman–Crippen MR) is 118 cm³/mol. The van der Waals surface area contributed by atoms with Crippen molar-refractivity contribution in [1.29, 1.82) is 0 Å². The zero-order chi connectivity index (χ0) is 21.1. The molecule has 30 heavy (non-hydrogen) atoms. The number of rotatable bonds is 7. The van der Waals surface area contributed by atoms with Gasteiger partial charge in [0, 0.05) is 48.1 Å². The highest BCUT2D eigenvalue weighted by molar-refractivity contribution is 5.87. The second-order valence-corrected chi connectivity index (χ2v) is 8.38. The molecule has 0 bridgehead atoms. The van der Waals surface area contributed by atoms with Gasteiger partial charge in [0.2, 0.25) is 0 Å². The van der Waals surface area contributed by atoms with Crippen LogP contribution in [-0.4, -0.2) is 52.0 Å². The summed E-state index contributed by atoms with van der Waals surface area (Å²) in [5, 5.41) is 2.36. The Labute approximate surface area is 177 Å². The van der Waals surface area contributed by atoms with Crippen LogP contribution >= 0.6 is 0 Å². The zero-order valence-corrected chi connectivity index (χ0v) is 18.0. The maximum atomic E-state index is 12.5. The number of imidazole rings is 1. The van der Waals surface area contributed by atoms with Crippen LogP contribution in [0.15, 0.2) is 43.1 Å². The fraction of sp³-hybridized carbons (Fsp3) is 0.458. The normalized spacial score (nSPS) is 16.6. The van der Waals surface area contributed by atoms with Gasteiger partial charge in [-0.25, -0.2) is 4.98 Å². The molecule has 2 aromatic heterocycles. The monoisotopic (exact) mass is 406 g/mol. The Kier molecular flexibility index (Phi) is 6.13. The third-order valence-corrected chi connectivity index (χ3v) is 6.33. The number of aryl methyl sites for hydroxylation is 1. The Hall–Kier alpha value is -2.73. The number of nitrogens with zero attached hydrogens (tertiary/aromatic N) is 4. The molecular formula is C24H30N4O2. The number of aromatic nitrogens is 3. The summed E-state index contributed by atoms with van der Waals surface area (Å²) in [4.78, 5) is 23.6. The molecule has 0 saturated carbocycles. The largest absolute Gasteiger partial charge is 0.496 e. The number of ketones is 1. The molecule has 0 amide bonds. The van der Waals surface area contributed by atoms with Gasteiger partial charge in [0.1, 0.15) is 11.5 Å². The van der Waals surface area contributed by atoms with Crippen LogP contribution in [0.25, 0.3) is 10.8 Å². The molecule has 0 radical (unpaired) electrons. The number of hydrogen-bond acceptors (Lipinski definition) is 5. The van der Waals surface area contributed by atoms with Crippen molar-refractivity contribution in [3.05, 3.63) is 54.4 Å². The summed E-state index contributed by atoms with van der Waals surface area (Å²) in [6.07, 6.45) is 10.0. The van der Waals surface area contributed by atoms with Crippen LogP contribution in [0.2, 0.25) is 0 Å². The van der Waals surface area contributed by atoms with Gasteiger partial charge in [-0.05, 0) is 68.9 Å². The van der Waals surface area contributed by atoms with Crippen molar-refractivity contribution >= 4 is 16.6 Å². The molecule has 1 aliphatic heterocycles. The summed E-state index contributed by atoms with van der Waals surface area (Å²) in [7, 11) is 1.71. The van der Waals surface area contributed by atoms with Gasteiger partial charge in [-0.2, -0.15) is 0 Å². The fourth-order valence-electron chi connectivity index (χ4n) is 4.47. The van der Waals surface area contributed by atoms with E-state index in [0.29, 0.717) is 24.7 Å². The Morgan fingerprint density at radius 1 is 1.30 bits per heavy atom. The van der Waals surface area contributed by atoms with Gasteiger partial charge >= 0.3 is 0 Å². The molecule has 6 nitrogen and oxygen atoms in total. The van der Waals surface area contributed by atoms with Crippen molar-refractivity contribution in [2.45, 2.75) is 45.1 Å². The Bertz CT molecular complexity index is 1010. The number of pyridine rings is 1. The first-order chi connectivity index (χ1) is 14.5. The lowest BCUT2D eigenvalue weighted by atomic mass is 9.91. The molecule has 0 N–H and O–H groups in total. The lowest BCUT2D eigenvalue weighted by Gasteiger charge is -2.31. The molecule has 4 rings (SSSR count). The van der Waals surface area contributed by atoms with Gasteiger partial charge in [-0.3, -0.25) is 14.7 Å². The maximum Gasteiger partial charge on any atom is 0.148 e. The topological polar surface area (TPSA) is 60.2 Å². The van der Waals surface area contributed by atoms with E-state index in [-0.39, 0.29) is 6.04 Å². The lowest BCUT2D eigenvalue weighted by Crippen LogP contribution is -2.37. The number of likely N-dealkylation sites (tertiary alicyclic amines) is 1. The molecule has 0 aliphatic carbocycles. The molecule has 1 saturated heterocycles. The SMILES string of the molecule is COc1ccc2cnc(C3CCN(CC(=O)C[C@@H](C)n4ccnc4)CC3)cc2c1C. The van der Waals surface area contributed by atoms with Crippen molar-refractivity contribution in [2.75, 3.05) is 26.7 Å². The van der Waals surface area contributed by atoms with Crippen LogP contribution in [0.1, 0.15) is 49.4 Å². The van der Waals surface area contributed by atoms with Crippen LogP contribution in [0.3, 0.4) is 0 Å². The lowest BCUT2D eigenvalue weighted by molar-refractivity contribution is -0.121. The fourth-order valence-corrected chi connectivity index (χ4v) is 4.47. The van der Waals surface area contributed by atoms with Crippen molar-refractivity contribution in [2.24, 2.45) is 0 Å². The Balaban J connectivity index is 1.35. The van der Waals surface area contributed by atoms with E-state index in [0.717, 1.165) is 48.3 Å². The van der Waals surface area contributed by atoms with Gasteiger partial charge in [0.05, 0.1) is 20.0 Å². The van der Waals surface area contributed by atoms with Crippen molar-refractivity contribution in [3.8, 4) is 5.75 Å². The van der Waals surface area contributed by atoms with Crippen LogP contribution in [0, 0.1) is 6.92 Å². The number of carbonyl (C=O) groups is 1. The number of carbonyl (C=O) groups excluding carboxylic acids is 1. The average molecular weight is 407 g/mol. The highest BCUT2D eigenvalue weighted by atomic mass is 16.5. The van der Waals surface area contributed by atoms with Gasteiger partial charge in [-0.1, -0.05) is 0 Å². The molecule has 3 heterocycles. The minimum atomic E-state index is 0.152. The highest BCUT2D eigenvalue weighted by Gasteiger charge is 2.24. The number of fused-ring (bicyclic) bond motifs is 1. The van der Waals surface area contributed by atoms with E-state index in [2.05, 4.69) is 35.9 Å². The van der Waals surface area contributed by atoms with Crippen LogP contribution in [0.4, 0.5) is 0 Å². The summed E-state index contributed by atoms with van der Waals surface area (Å²) in [5.41, 5.74) is 2.31. The number of hydrogen-bond donors (Lipinski definition) is 0. The second kappa shape index (κ2) is 8.96. The van der Waals surface area contributed by atoms with Crippen LogP contribution in [0.5, 0.6) is 5.75 Å². The summed E-state index contributed by atoms with van der Waals surface area (Å²) in [6, 6.07) is 6.45. The van der Waals surface area contributed by atoms with E-state index in [1.165, 1.54) is 5.39 Å². The summed E-state index contributed by atoms with van der Waals surface area (Å²) in [6.45, 7) is 6.57. The van der Waals surface area contributed by atoms with Gasteiger partial charge in [-0.15, -0.1) is 0 Å². The first kappa shape index (κ1) is 20.5. The smallest absolute Gasteiger partial charge is 0.148 e. The predicted octanol–water partition coefficient (Wildman–Crippen LogP) is 4.15. The molecule has 1 fully saturated rings. The number of ether oxygens (including phenoxy) is 1. The number of benzene rings is 1. The molecule has 0 unspecified atom stereocenters. The Morgan fingerprint density at radius 3 is 2.80 bits per heavy atom. The average Bonchev–Trinajstić information content (AvgIpc) is 3.30. The molecule has 0 spiro atoms. The minimum Gasteiger partial charge on any atom is -0.496 e. The quantitative estimate of drug-likeness (QED) is 0.590. The number of piperidine rings is 1.